The molecule has 0 aromatic heterocycles. The summed E-state index contributed by atoms with van der Waals surface area (Å²) < 4.78 is 34.0. The van der Waals surface area contributed by atoms with Crippen molar-refractivity contribution >= 4 is 11.9 Å². The molecule has 3 aliphatic heterocycles. The van der Waals surface area contributed by atoms with E-state index in [-0.39, 0.29) is 60.6 Å². The Hall–Kier alpha value is -1.26. The standard InChI is InChI=1S/C14H24O5.C12H22O4/c1-6-14(7-8-17-11(4)15)9(2)13(10(3)19-14)18-12(5)16;1-5-12(6-7-13)8(2)9-10(16-12)15-11(3,4)14-9/h9-10,13H,6-8H2,1-5H3;8-10,13H,5-7H2,1-4H3/t9-,10+,13-,14-;8-,9-,10+,12-/m11/s1. The molecule has 3 rings (SSSR count). The van der Waals surface area contributed by atoms with E-state index in [1.54, 1.807) is 0 Å². The SMILES string of the molecule is CC[C@]1(CCO)O[C@@H]2OC(C)(C)O[C@@H]2[C@H]1C.CC[C@]1(CCOC(C)=O)O[C@@H](C)[C@H](OC(C)=O)[C@H]1C. The minimum atomic E-state index is -0.553. The van der Waals surface area contributed by atoms with Crippen LogP contribution in [0.4, 0.5) is 0 Å². The average molecular weight is 503 g/mol. The topological polar surface area (TPSA) is 110 Å². The molecule has 3 aliphatic rings. The maximum atomic E-state index is 11.1. The largest absolute Gasteiger partial charge is 0.466 e. The number of carbonyl (C=O) groups is 2. The third-order valence-corrected chi connectivity index (χ3v) is 7.83. The molecule has 0 aromatic carbocycles. The molecule has 204 valence electrons. The number of hydrogen-bond acceptors (Lipinski definition) is 9. The molecular weight excluding hydrogens is 456 g/mol. The first-order valence-corrected chi connectivity index (χ1v) is 12.9. The summed E-state index contributed by atoms with van der Waals surface area (Å²) in [5, 5.41) is 9.15. The summed E-state index contributed by atoms with van der Waals surface area (Å²) >= 11 is 0. The number of carbonyl (C=O) groups excluding carboxylic acids is 2. The maximum Gasteiger partial charge on any atom is 0.303 e. The van der Waals surface area contributed by atoms with Crippen LogP contribution < -0.4 is 0 Å². The zero-order valence-electron chi connectivity index (χ0n) is 22.9. The van der Waals surface area contributed by atoms with Crippen LogP contribution in [0.2, 0.25) is 0 Å². The van der Waals surface area contributed by atoms with E-state index in [0.29, 0.717) is 19.4 Å². The number of rotatable bonds is 8. The van der Waals surface area contributed by atoms with E-state index in [0.717, 1.165) is 12.8 Å². The summed E-state index contributed by atoms with van der Waals surface area (Å²) in [6.07, 6.45) is 2.24. The molecule has 3 fully saturated rings. The van der Waals surface area contributed by atoms with Gasteiger partial charge in [0, 0.05) is 38.7 Å². The highest BCUT2D eigenvalue weighted by atomic mass is 16.8. The molecule has 9 heteroatoms. The van der Waals surface area contributed by atoms with Crippen LogP contribution in [0.1, 0.15) is 88.0 Å². The predicted molar refractivity (Wildman–Crippen MR) is 128 cm³/mol. The quantitative estimate of drug-likeness (QED) is 0.496. The summed E-state index contributed by atoms with van der Waals surface area (Å²) in [7, 11) is 0. The monoisotopic (exact) mass is 502 g/mol. The molecule has 0 aliphatic carbocycles. The van der Waals surface area contributed by atoms with Gasteiger partial charge in [-0.1, -0.05) is 27.7 Å². The lowest BCUT2D eigenvalue weighted by molar-refractivity contribution is -0.234. The van der Waals surface area contributed by atoms with E-state index in [1.807, 2.05) is 34.6 Å². The third-order valence-electron chi connectivity index (χ3n) is 7.83. The molecule has 1 N–H and O–H groups in total. The minimum absolute atomic E-state index is 0.0125. The van der Waals surface area contributed by atoms with Gasteiger partial charge >= 0.3 is 11.9 Å². The number of esters is 2. The molecule has 0 aromatic rings. The van der Waals surface area contributed by atoms with Crippen molar-refractivity contribution in [3.63, 3.8) is 0 Å². The summed E-state index contributed by atoms with van der Waals surface area (Å²) in [5.41, 5.74) is -0.685. The maximum absolute atomic E-state index is 11.1. The molecule has 9 nitrogen and oxygen atoms in total. The molecule has 0 radical (unpaired) electrons. The van der Waals surface area contributed by atoms with Crippen LogP contribution in [-0.4, -0.2) is 71.9 Å². The summed E-state index contributed by atoms with van der Waals surface area (Å²) in [4.78, 5) is 22.0. The fraction of sp³-hybridized carbons (Fsp3) is 0.923. The molecule has 0 bridgehead atoms. The fourth-order valence-corrected chi connectivity index (χ4v) is 5.76. The predicted octanol–water partition coefficient (Wildman–Crippen LogP) is 3.74. The molecule has 35 heavy (non-hydrogen) atoms. The van der Waals surface area contributed by atoms with Crippen molar-refractivity contribution in [1.29, 1.82) is 0 Å². The Kier molecular flexibility index (Phi) is 10.2. The van der Waals surface area contributed by atoms with Crippen LogP contribution in [0.5, 0.6) is 0 Å². The van der Waals surface area contributed by atoms with Crippen LogP contribution in [0.3, 0.4) is 0 Å². The van der Waals surface area contributed by atoms with Gasteiger partial charge in [0.25, 0.3) is 0 Å². The van der Waals surface area contributed by atoms with Gasteiger partial charge in [-0.2, -0.15) is 0 Å². The second-order valence-electron chi connectivity index (χ2n) is 10.5. The van der Waals surface area contributed by atoms with Crippen molar-refractivity contribution < 1.29 is 43.1 Å². The normalized spacial score (nSPS) is 39.5. The van der Waals surface area contributed by atoms with E-state index >= 15 is 0 Å². The summed E-state index contributed by atoms with van der Waals surface area (Å²) in [6.45, 7) is 17.2. The van der Waals surface area contributed by atoms with Gasteiger partial charge in [0.15, 0.2) is 12.1 Å². The van der Waals surface area contributed by atoms with Gasteiger partial charge in [0.05, 0.1) is 23.9 Å². The zero-order valence-corrected chi connectivity index (χ0v) is 22.9. The van der Waals surface area contributed by atoms with Gasteiger partial charge in [-0.25, -0.2) is 0 Å². The average Bonchev–Trinajstić information content (AvgIpc) is 3.29. The number of ether oxygens (including phenoxy) is 6. The fourth-order valence-electron chi connectivity index (χ4n) is 5.76. The van der Waals surface area contributed by atoms with E-state index in [9.17, 15) is 9.59 Å². The van der Waals surface area contributed by atoms with Crippen molar-refractivity contribution in [1.82, 2.24) is 0 Å². The smallest absolute Gasteiger partial charge is 0.303 e. The molecule has 0 unspecified atom stereocenters. The molecule has 0 saturated carbocycles. The number of aliphatic hydroxyl groups excluding tert-OH is 1. The van der Waals surface area contributed by atoms with Gasteiger partial charge < -0.3 is 33.5 Å². The highest BCUT2D eigenvalue weighted by molar-refractivity contribution is 5.66. The number of hydrogen-bond donors (Lipinski definition) is 1. The third kappa shape index (κ3) is 6.74. The van der Waals surface area contributed by atoms with Crippen molar-refractivity contribution in [2.24, 2.45) is 11.8 Å². The highest BCUT2D eigenvalue weighted by Crippen LogP contribution is 2.48. The molecule has 3 saturated heterocycles. The van der Waals surface area contributed by atoms with E-state index < -0.39 is 11.4 Å². The molecule has 0 spiro atoms. The van der Waals surface area contributed by atoms with Gasteiger partial charge in [-0.3, -0.25) is 9.59 Å². The first-order chi connectivity index (χ1) is 16.3. The molecule has 3 heterocycles. The lowest BCUT2D eigenvalue weighted by atomic mass is 9.82. The van der Waals surface area contributed by atoms with Crippen molar-refractivity contribution in [2.75, 3.05) is 13.2 Å². The lowest BCUT2D eigenvalue weighted by Crippen LogP contribution is -2.39. The van der Waals surface area contributed by atoms with E-state index in [1.165, 1.54) is 13.8 Å². The van der Waals surface area contributed by atoms with Gasteiger partial charge in [-0.05, 0) is 40.0 Å². The second-order valence-corrected chi connectivity index (χ2v) is 10.5. The van der Waals surface area contributed by atoms with Crippen LogP contribution in [0.25, 0.3) is 0 Å². The van der Waals surface area contributed by atoms with Crippen molar-refractivity contribution in [3.05, 3.63) is 0 Å². The van der Waals surface area contributed by atoms with Crippen LogP contribution in [-0.2, 0) is 38.0 Å². The Morgan fingerprint density at radius 2 is 1.46 bits per heavy atom. The van der Waals surface area contributed by atoms with Crippen molar-refractivity contribution in [2.45, 2.75) is 130 Å². The Morgan fingerprint density at radius 3 is 1.94 bits per heavy atom. The van der Waals surface area contributed by atoms with E-state index in [2.05, 4.69) is 13.8 Å². The van der Waals surface area contributed by atoms with Gasteiger partial charge in [0.1, 0.15) is 12.2 Å². The summed E-state index contributed by atoms with van der Waals surface area (Å²) in [6, 6.07) is 0. The Labute approximate surface area is 210 Å². The second kappa shape index (κ2) is 11.9. The Morgan fingerprint density at radius 1 is 0.857 bits per heavy atom. The molecule has 0 amide bonds. The van der Waals surface area contributed by atoms with Crippen molar-refractivity contribution in [3.8, 4) is 0 Å². The minimum Gasteiger partial charge on any atom is -0.466 e. The molecular formula is C26H46O9. The van der Waals surface area contributed by atoms with Crippen LogP contribution in [0.15, 0.2) is 0 Å². The zero-order chi connectivity index (χ0) is 26.6. The highest BCUT2D eigenvalue weighted by Gasteiger charge is 2.58. The molecule has 8 atom stereocenters. The Bertz CT molecular complexity index is 726. The van der Waals surface area contributed by atoms with Gasteiger partial charge in [-0.15, -0.1) is 0 Å². The number of aliphatic hydroxyl groups is 1. The van der Waals surface area contributed by atoms with Crippen LogP contribution in [0, 0.1) is 11.8 Å². The first kappa shape index (κ1) is 30.0. The first-order valence-electron chi connectivity index (χ1n) is 12.9. The van der Waals surface area contributed by atoms with Gasteiger partial charge in [0.2, 0.25) is 0 Å². The lowest BCUT2D eigenvalue weighted by Gasteiger charge is -2.34. The van der Waals surface area contributed by atoms with Crippen LogP contribution >= 0.6 is 0 Å². The summed E-state index contributed by atoms with van der Waals surface area (Å²) in [5.74, 6) is -0.813. The Balaban J connectivity index is 0.000000250. The number of fused-ring (bicyclic) bond motifs is 1. The van der Waals surface area contributed by atoms with E-state index in [4.69, 9.17) is 33.5 Å².